The molecule has 1 fully saturated rings. The van der Waals surface area contributed by atoms with Crippen molar-refractivity contribution in [2.24, 2.45) is 0 Å². The number of pyridine rings is 1. The van der Waals surface area contributed by atoms with E-state index < -0.39 is 6.09 Å². The molecule has 1 aromatic heterocycles. The summed E-state index contributed by atoms with van der Waals surface area (Å²) in [5, 5.41) is 2.73. The van der Waals surface area contributed by atoms with Crippen molar-refractivity contribution < 1.29 is 19.0 Å². The number of carbonyl (C=O) groups is 1. The number of aromatic nitrogens is 1. The van der Waals surface area contributed by atoms with Crippen LogP contribution in [0.15, 0.2) is 60.8 Å². The van der Waals surface area contributed by atoms with Crippen LogP contribution in [-0.2, 0) is 4.74 Å². The fraction of sp³-hybridized carbons (Fsp3) is 0.280. The molecule has 7 nitrogen and oxygen atoms in total. The van der Waals surface area contributed by atoms with Crippen LogP contribution in [0.5, 0.6) is 11.5 Å². The van der Waals surface area contributed by atoms with Crippen molar-refractivity contribution in [2.45, 2.75) is 20.0 Å². The van der Waals surface area contributed by atoms with Crippen molar-refractivity contribution in [3.8, 4) is 22.6 Å². The molecular weight excluding hydrogens is 406 g/mol. The maximum absolute atomic E-state index is 12.4. The van der Waals surface area contributed by atoms with Gasteiger partial charge in [-0.2, -0.15) is 0 Å². The predicted molar refractivity (Wildman–Crippen MR) is 125 cm³/mol. The molecule has 1 N–H and O–H groups in total. The zero-order valence-corrected chi connectivity index (χ0v) is 18.5. The molecule has 0 aliphatic carbocycles. The number of ether oxygens (including phenoxy) is 3. The van der Waals surface area contributed by atoms with Crippen LogP contribution in [0, 0.1) is 6.92 Å². The molecule has 1 saturated heterocycles. The number of hydrogen-bond acceptors (Lipinski definition) is 6. The van der Waals surface area contributed by atoms with Gasteiger partial charge in [-0.15, -0.1) is 0 Å². The number of nitrogens with zero attached hydrogens (tertiary/aromatic N) is 2. The molecule has 0 saturated carbocycles. The number of amides is 1. The summed E-state index contributed by atoms with van der Waals surface area (Å²) in [6.45, 7) is 6.35. The lowest BCUT2D eigenvalue weighted by atomic mass is 10.0. The number of hydrogen-bond donors (Lipinski definition) is 1. The molecule has 2 aromatic carbocycles. The molecule has 3 aromatic rings. The van der Waals surface area contributed by atoms with Crippen LogP contribution in [0.25, 0.3) is 11.1 Å². The first-order chi connectivity index (χ1) is 15.5. The number of anilines is 2. The Morgan fingerprint density at radius 1 is 1.12 bits per heavy atom. The minimum absolute atomic E-state index is 0.177. The van der Waals surface area contributed by atoms with E-state index in [0.29, 0.717) is 18.0 Å². The number of methoxy groups -OCH3 is 1. The molecule has 1 atom stereocenters. The third-order valence-corrected chi connectivity index (χ3v) is 5.38. The highest BCUT2D eigenvalue weighted by atomic mass is 16.6. The molecule has 2 heterocycles. The fourth-order valence-electron chi connectivity index (χ4n) is 3.67. The summed E-state index contributed by atoms with van der Waals surface area (Å²) in [6, 6.07) is 17.1. The molecule has 1 amide bonds. The van der Waals surface area contributed by atoms with Crippen LogP contribution in [0.1, 0.15) is 12.5 Å². The van der Waals surface area contributed by atoms with Gasteiger partial charge < -0.3 is 19.1 Å². The normalized spacial score (nSPS) is 15.8. The van der Waals surface area contributed by atoms with Gasteiger partial charge in [-0.05, 0) is 66.9 Å². The van der Waals surface area contributed by atoms with Gasteiger partial charge in [-0.1, -0.05) is 18.2 Å². The summed E-state index contributed by atoms with van der Waals surface area (Å²) in [5.41, 5.74) is 3.66. The monoisotopic (exact) mass is 433 g/mol. The van der Waals surface area contributed by atoms with E-state index in [0.717, 1.165) is 41.3 Å². The average Bonchev–Trinajstić information content (AvgIpc) is 2.81. The van der Waals surface area contributed by atoms with Gasteiger partial charge in [0.25, 0.3) is 0 Å². The Hall–Kier alpha value is -3.58. The number of carbonyl (C=O) groups excluding carboxylic acids is 1. The van der Waals surface area contributed by atoms with Crippen LogP contribution in [0.2, 0.25) is 0 Å². The third-order valence-electron chi connectivity index (χ3n) is 5.38. The lowest BCUT2D eigenvalue weighted by molar-refractivity contribution is 0.0529. The molecule has 0 bridgehead atoms. The van der Waals surface area contributed by atoms with Gasteiger partial charge in [0.15, 0.2) is 0 Å². The second kappa shape index (κ2) is 9.70. The summed E-state index contributed by atoms with van der Waals surface area (Å²) in [7, 11) is 1.64. The quantitative estimate of drug-likeness (QED) is 0.617. The standard InChI is InChI=1S/C25H27N3O4/c1-17-4-8-22(14-23(17)19-5-9-21(30-3)10-6-19)32-25(29)27-20-7-11-24(26-15-20)28-12-13-31-18(2)16-28/h4-11,14-15,18H,12-13,16H2,1-3H3,(H,27,29). The van der Waals surface area contributed by atoms with E-state index in [1.54, 1.807) is 19.4 Å². The predicted octanol–water partition coefficient (Wildman–Crippen LogP) is 4.90. The van der Waals surface area contributed by atoms with Crippen LogP contribution in [0.4, 0.5) is 16.3 Å². The lowest BCUT2D eigenvalue weighted by Gasteiger charge is -2.32. The van der Waals surface area contributed by atoms with Crippen molar-refractivity contribution in [2.75, 3.05) is 37.0 Å². The fourth-order valence-corrected chi connectivity index (χ4v) is 3.67. The number of morpholine rings is 1. The molecular formula is C25H27N3O4. The Labute approximate surface area is 187 Å². The number of benzene rings is 2. The summed E-state index contributed by atoms with van der Waals surface area (Å²) < 4.78 is 16.3. The maximum Gasteiger partial charge on any atom is 0.417 e. The zero-order chi connectivity index (χ0) is 22.5. The Balaban J connectivity index is 1.40. The van der Waals surface area contributed by atoms with E-state index in [1.807, 2.05) is 62.4 Å². The maximum atomic E-state index is 12.4. The van der Waals surface area contributed by atoms with Gasteiger partial charge in [-0.3, -0.25) is 5.32 Å². The highest BCUT2D eigenvalue weighted by molar-refractivity contribution is 5.86. The van der Waals surface area contributed by atoms with Gasteiger partial charge in [0, 0.05) is 13.1 Å². The van der Waals surface area contributed by atoms with E-state index in [-0.39, 0.29) is 6.10 Å². The molecule has 166 valence electrons. The van der Waals surface area contributed by atoms with Crippen LogP contribution >= 0.6 is 0 Å². The Bertz CT molecular complexity index is 1070. The molecule has 0 radical (unpaired) electrons. The second-order valence-electron chi connectivity index (χ2n) is 7.75. The summed E-state index contributed by atoms with van der Waals surface area (Å²) in [6.07, 6.45) is 1.24. The van der Waals surface area contributed by atoms with Gasteiger partial charge in [0.1, 0.15) is 17.3 Å². The molecule has 1 aliphatic rings. The van der Waals surface area contributed by atoms with E-state index in [1.165, 1.54) is 0 Å². The Morgan fingerprint density at radius 2 is 1.91 bits per heavy atom. The van der Waals surface area contributed by atoms with Crippen molar-refractivity contribution in [1.82, 2.24) is 4.98 Å². The van der Waals surface area contributed by atoms with Crippen LogP contribution < -0.4 is 19.7 Å². The van der Waals surface area contributed by atoms with Crippen LogP contribution in [0.3, 0.4) is 0 Å². The highest BCUT2D eigenvalue weighted by Crippen LogP contribution is 2.29. The largest absolute Gasteiger partial charge is 0.497 e. The first-order valence-electron chi connectivity index (χ1n) is 10.6. The van der Waals surface area contributed by atoms with E-state index >= 15 is 0 Å². The number of nitrogens with one attached hydrogen (secondary N) is 1. The first kappa shape index (κ1) is 21.6. The topological polar surface area (TPSA) is 72.9 Å². The molecule has 7 heteroatoms. The first-order valence-corrected chi connectivity index (χ1v) is 10.6. The molecule has 32 heavy (non-hydrogen) atoms. The van der Waals surface area contributed by atoms with Crippen molar-refractivity contribution in [3.05, 3.63) is 66.4 Å². The zero-order valence-electron chi connectivity index (χ0n) is 18.5. The average molecular weight is 434 g/mol. The van der Waals surface area contributed by atoms with E-state index in [9.17, 15) is 4.79 Å². The summed E-state index contributed by atoms with van der Waals surface area (Å²) in [5.74, 6) is 2.12. The summed E-state index contributed by atoms with van der Waals surface area (Å²) >= 11 is 0. The van der Waals surface area contributed by atoms with Crippen LogP contribution in [-0.4, -0.2) is 44.0 Å². The minimum Gasteiger partial charge on any atom is -0.497 e. The lowest BCUT2D eigenvalue weighted by Crippen LogP contribution is -2.41. The van der Waals surface area contributed by atoms with Gasteiger partial charge in [0.05, 0.1) is 31.7 Å². The SMILES string of the molecule is COc1ccc(-c2cc(OC(=O)Nc3ccc(N4CCOC(C)C4)nc3)ccc2C)cc1. The second-order valence-corrected chi connectivity index (χ2v) is 7.75. The third kappa shape index (κ3) is 5.18. The Morgan fingerprint density at radius 3 is 2.59 bits per heavy atom. The van der Waals surface area contributed by atoms with Crippen molar-refractivity contribution in [3.63, 3.8) is 0 Å². The van der Waals surface area contributed by atoms with Gasteiger partial charge >= 0.3 is 6.09 Å². The van der Waals surface area contributed by atoms with E-state index in [4.69, 9.17) is 14.2 Å². The minimum atomic E-state index is -0.566. The molecule has 0 spiro atoms. The molecule has 1 unspecified atom stereocenters. The number of rotatable bonds is 5. The smallest absolute Gasteiger partial charge is 0.417 e. The van der Waals surface area contributed by atoms with Crippen molar-refractivity contribution in [1.29, 1.82) is 0 Å². The van der Waals surface area contributed by atoms with Crippen molar-refractivity contribution >= 4 is 17.6 Å². The molecule has 4 rings (SSSR count). The van der Waals surface area contributed by atoms with E-state index in [2.05, 4.69) is 15.2 Å². The number of aryl methyl sites for hydroxylation is 1. The van der Waals surface area contributed by atoms with Gasteiger partial charge in [0.2, 0.25) is 0 Å². The van der Waals surface area contributed by atoms with Gasteiger partial charge in [-0.25, -0.2) is 9.78 Å². The summed E-state index contributed by atoms with van der Waals surface area (Å²) in [4.78, 5) is 19.1. The molecule has 1 aliphatic heterocycles. The Kier molecular flexibility index (Phi) is 6.56. The highest BCUT2D eigenvalue weighted by Gasteiger charge is 2.18.